The highest BCUT2D eigenvalue weighted by molar-refractivity contribution is 5.86. The number of aromatic nitrogens is 2. The molecule has 0 spiro atoms. The molecule has 1 amide bonds. The maximum absolute atomic E-state index is 12.2. The topological polar surface area (TPSA) is 72.9 Å². The van der Waals surface area contributed by atoms with Crippen LogP contribution in [0.2, 0.25) is 0 Å². The highest BCUT2D eigenvalue weighted by atomic mass is 16.1. The number of nitrogens with one attached hydrogen (secondary N) is 1. The predicted molar refractivity (Wildman–Crippen MR) is 82.7 cm³/mol. The van der Waals surface area contributed by atoms with Gasteiger partial charge in [0.25, 0.3) is 0 Å². The lowest BCUT2D eigenvalue weighted by Gasteiger charge is -2.32. The number of benzene rings is 1. The average molecular weight is 286 g/mol. The van der Waals surface area contributed by atoms with Gasteiger partial charge in [0, 0.05) is 0 Å². The summed E-state index contributed by atoms with van der Waals surface area (Å²) in [5.74, 6) is 0.0824. The van der Waals surface area contributed by atoms with Crippen molar-refractivity contribution in [2.45, 2.75) is 38.3 Å². The lowest BCUT2D eigenvalue weighted by molar-refractivity contribution is -0.126. The van der Waals surface area contributed by atoms with Crippen molar-refractivity contribution < 1.29 is 4.79 Å². The Balaban J connectivity index is 1.95. The maximum atomic E-state index is 12.2. The zero-order valence-corrected chi connectivity index (χ0v) is 12.4. The van der Waals surface area contributed by atoms with E-state index in [1.807, 2.05) is 28.8 Å². The first-order chi connectivity index (χ1) is 10.2. The molecule has 2 aromatic rings. The number of para-hydroxylation sites is 2. The van der Waals surface area contributed by atoms with Crippen molar-refractivity contribution in [2.75, 3.05) is 6.54 Å². The van der Waals surface area contributed by atoms with Crippen LogP contribution in [0.3, 0.4) is 0 Å². The third-order valence-corrected chi connectivity index (χ3v) is 4.35. The highest BCUT2D eigenvalue weighted by Crippen LogP contribution is 2.41. The predicted octanol–water partition coefficient (Wildman–Crippen LogP) is 1.67. The molecule has 1 aromatic carbocycles. The zero-order valence-electron chi connectivity index (χ0n) is 12.4. The molecule has 3 N–H and O–H groups in total. The van der Waals surface area contributed by atoms with Crippen LogP contribution in [-0.4, -0.2) is 27.5 Å². The van der Waals surface area contributed by atoms with Crippen molar-refractivity contribution >= 4 is 16.9 Å². The summed E-state index contributed by atoms with van der Waals surface area (Å²) in [5.41, 5.74) is 7.12. The molecule has 1 aliphatic rings. The van der Waals surface area contributed by atoms with Crippen LogP contribution in [0.25, 0.3) is 11.0 Å². The molecule has 1 saturated carbocycles. The Labute approximate surface area is 124 Å². The molecule has 1 fully saturated rings. The number of primary amides is 1. The molecule has 0 radical (unpaired) electrons. The molecule has 1 unspecified atom stereocenters. The van der Waals surface area contributed by atoms with Gasteiger partial charge in [-0.15, -0.1) is 0 Å². The van der Waals surface area contributed by atoms with Gasteiger partial charge in [-0.05, 0) is 43.9 Å². The molecule has 21 heavy (non-hydrogen) atoms. The maximum Gasteiger partial charge on any atom is 0.239 e. The van der Waals surface area contributed by atoms with E-state index in [-0.39, 0.29) is 5.91 Å². The van der Waals surface area contributed by atoms with Crippen molar-refractivity contribution in [2.24, 2.45) is 11.7 Å². The fourth-order valence-electron chi connectivity index (χ4n) is 3.02. The molecular formula is C16H22N4O. The molecule has 0 saturated heterocycles. The van der Waals surface area contributed by atoms with E-state index in [1.165, 1.54) is 0 Å². The number of nitrogens with zero attached hydrogens (tertiary/aromatic N) is 2. The van der Waals surface area contributed by atoms with Gasteiger partial charge >= 0.3 is 0 Å². The average Bonchev–Trinajstić information content (AvgIpc) is 3.26. The van der Waals surface area contributed by atoms with E-state index in [1.54, 1.807) is 6.33 Å². The summed E-state index contributed by atoms with van der Waals surface area (Å²) >= 11 is 0. The van der Waals surface area contributed by atoms with Crippen molar-refractivity contribution in [1.29, 1.82) is 0 Å². The van der Waals surface area contributed by atoms with Crippen LogP contribution < -0.4 is 11.1 Å². The number of amides is 1. The Morgan fingerprint density at radius 1 is 1.48 bits per heavy atom. The molecule has 1 aromatic heterocycles. The van der Waals surface area contributed by atoms with E-state index in [4.69, 9.17) is 5.73 Å². The molecular weight excluding hydrogens is 264 g/mol. The minimum Gasteiger partial charge on any atom is -0.368 e. The summed E-state index contributed by atoms with van der Waals surface area (Å²) in [4.78, 5) is 16.6. The molecule has 3 rings (SSSR count). The monoisotopic (exact) mass is 286 g/mol. The van der Waals surface area contributed by atoms with Gasteiger partial charge in [0.2, 0.25) is 5.91 Å². The lowest BCUT2D eigenvalue weighted by Crippen LogP contribution is -2.60. The second kappa shape index (κ2) is 5.48. The second-order valence-electron chi connectivity index (χ2n) is 5.90. The molecule has 1 atom stereocenters. The summed E-state index contributed by atoms with van der Waals surface area (Å²) in [5, 5.41) is 3.42. The lowest BCUT2D eigenvalue weighted by atomic mass is 9.91. The first-order valence-corrected chi connectivity index (χ1v) is 7.62. The molecule has 112 valence electrons. The van der Waals surface area contributed by atoms with E-state index < -0.39 is 5.54 Å². The minimum absolute atomic E-state index is 0.253. The fraction of sp³-hybridized carbons (Fsp3) is 0.500. The summed E-state index contributed by atoms with van der Waals surface area (Å²) < 4.78 is 2.04. The number of hydrogen-bond acceptors (Lipinski definition) is 3. The van der Waals surface area contributed by atoms with Crippen molar-refractivity contribution in [3.05, 3.63) is 30.6 Å². The second-order valence-corrected chi connectivity index (χ2v) is 5.90. The van der Waals surface area contributed by atoms with Gasteiger partial charge < -0.3 is 15.6 Å². The fourth-order valence-corrected chi connectivity index (χ4v) is 3.02. The third kappa shape index (κ3) is 2.53. The Morgan fingerprint density at radius 3 is 2.90 bits per heavy atom. The summed E-state index contributed by atoms with van der Waals surface area (Å²) in [6.45, 7) is 3.44. The zero-order chi connectivity index (χ0) is 14.9. The largest absolute Gasteiger partial charge is 0.368 e. The van der Waals surface area contributed by atoms with Gasteiger partial charge in [-0.2, -0.15) is 0 Å². The van der Waals surface area contributed by atoms with E-state index >= 15 is 0 Å². The highest BCUT2D eigenvalue weighted by Gasteiger charge is 2.49. The molecule has 5 heteroatoms. The van der Waals surface area contributed by atoms with Crippen LogP contribution in [0.4, 0.5) is 0 Å². The number of carbonyl (C=O) groups is 1. The number of carbonyl (C=O) groups excluding carboxylic acids is 1. The number of nitrogens with two attached hydrogens (primary N) is 1. The van der Waals surface area contributed by atoms with Gasteiger partial charge in [0.15, 0.2) is 0 Å². The quantitative estimate of drug-likeness (QED) is 0.813. The van der Waals surface area contributed by atoms with E-state index in [9.17, 15) is 4.79 Å². The summed E-state index contributed by atoms with van der Waals surface area (Å²) in [7, 11) is 0. The van der Waals surface area contributed by atoms with Crippen LogP contribution in [0.15, 0.2) is 30.6 Å². The van der Waals surface area contributed by atoms with Crippen molar-refractivity contribution in [3.63, 3.8) is 0 Å². The first kappa shape index (κ1) is 14.1. The number of hydrogen-bond donors (Lipinski definition) is 2. The Kier molecular flexibility index (Phi) is 3.68. The summed E-state index contributed by atoms with van der Waals surface area (Å²) in [6.07, 6.45) is 4.91. The number of fused-ring (bicyclic) bond motifs is 1. The summed E-state index contributed by atoms with van der Waals surface area (Å²) in [6, 6.07) is 7.97. The van der Waals surface area contributed by atoms with Gasteiger partial charge in [0.05, 0.1) is 23.9 Å². The Morgan fingerprint density at radius 2 is 2.24 bits per heavy atom. The van der Waals surface area contributed by atoms with E-state index in [0.717, 1.165) is 36.8 Å². The van der Waals surface area contributed by atoms with Crippen molar-refractivity contribution in [3.8, 4) is 0 Å². The first-order valence-electron chi connectivity index (χ1n) is 7.62. The molecule has 0 aliphatic heterocycles. The minimum atomic E-state index is -0.653. The molecule has 1 aliphatic carbocycles. The third-order valence-electron chi connectivity index (χ3n) is 4.35. The molecule has 0 bridgehead atoms. The van der Waals surface area contributed by atoms with Gasteiger partial charge in [-0.25, -0.2) is 4.98 Å². The number of rotatable bonds is 7. The molecule has 5 nitrogen and oxygen atoms in total. The van der Waals surface area contributed by atoms with Gasteiger partial charge in [-0.3, -0.25) is 4.79 Å². The Hall–Kier alpha value is -1.88. The van der Waals surface area contributed by atoms with E-state index in [0.29, 0.717) is 12.5 Å². The smallest absolute Gasteiger partial charge is 0.239 e. The van der Waals surface area contributed by atoms with Crippen LogP contribution >= 0.6 is 0 Å². The van der Waals surface area contributed by atoms with Crippen LogP contribution in [-0.2, 0) is 11.3 Å². The molecule has 1 heterocycles. The van der Waals surface area contributed by atoms with Crippen molar-refractivity contribution in [1.82, 2.24) is 14.9 Å². The van der Waals surface area contributed by atoms with Crippen LogP contribution in [0.1, 0.15) is 26.2 Å². The van der Waals surface area contributed by atoms with Gasteiger partial charge in [-0.1, -0.05) is 19.1 Å². The van der Waals surface area contributed by atoms with Crippen LogP contribution in [0.5, 0.6) is 0 Å². The SMILES string of the molecule is CCCNC(Cn1cnc2ccccc21)(C(N)=O)C1CC1. The standard InChI is InChI=1S/C16H22N4O/c1-2-9-19-16(15(17)21,12-7-8-12)10-20-11-18-13-5-3-4-6-14(13)20/h3-6,11-12,19H,2,7-10H2,1H3,(H2,17,21). The normalized spacial score (nSPS) is 17.8. The van der Waals surface area contributed by atoms with E-state index in [2.05, 4.69) is 17.2 Å². The number of imidazole rings is 1. The van der Waals surface area contributed by atoms with Gasteiger partial charge in [0.1, 0.15) is 5.54 Å². The Bertz CT molecular complexity index is 647. The van der Waals surface area contributed by atoms with Crippen LogP contribution in [0, 0.1) is 5.92 Å².